The lowest BCUT2D eigenvalue weighted by Crippen LogP contribution is -2.01. The van der Waals surface area contributed by atoms with Gasteiger partial charge in [-0.3, -0.25) is 0 Å². The van der Waals surface area contributed by atoms with Crippen LogP contribution in [0.5, 0.6) is 11.5 Å². The largest absolute Gasteiger partial charge is 0.493 e. The van der Waals surface area contributed by atoms with Crippen LogP contribution in [0.4, 0.5) is 0 Å². The number of methoxy groups -OCH3 is 1. The molecule has 146 valence electrons. The summed E-state index contributed by atoms with van der Waals surface area (Å²) in [7, 11) is 1.61. The number of hydrogen-bond donors (Lipinski definition) is 1. The highest BCUT2D eigenvalue weighted by molar-refractivity contribution is 5.92. The molecule has 0 aliphatic rings. The Bertz CT molecular complexity index is 563. The van der Waals surface area contributed by atoms with Gasteiger partial charge in [0, 0.05) is 5.57 Å². The van der Waals surface area contributed by atoms with Crippen molar-refractivity contribution in [1.82, 2.24) is 0 Å². The molecule has 0 aliphatic carbocycles. The van der Waals surface area contributed by atoms with Gasteiger partial charge in [0.05, 0.1) is 13.7 Å². The Morgan fingerprint density at radius 3 is 2.35 bits per heavy atom. The monoisotopic (exact) mass is 362 g/mol. The van der Waals surface area contributed by atoms with E-state index in [1.54, 1.807) is 13.2 Å². The molecule has 0 bridgehead atoms. The number of unbranched alkanes of at least 4 members (excludes halogenated alkanes) is 6. The Morgan fingerprint density at radius 1 is 1.00 bits per heavy atom. The molecular weight excluding hydrogens is 328 g/mol. The Morgan fingerprint density at radius 2 is 1.69 bits per heavy atom. The van der Waals surface area contributed by atoms with E-state index >= 15 is 0 Å². The van der Waals surface area contributed by atoms with Crippen molar-refractivity contribution in [2.45, 2.75) is 71.6 Å². The summed E-state index contributed by atoms with van der Waals surface area (Å²) in [5.74, 6) is 0.495. The lowest BCUT2D eigenvalue weighted by atomic mass is 10.0. The fourth-order valence-corrected chi connectivity index (χ4v) is 2.77. The second kappa shape index (κ2) is 13.3. The number of carbonyl (C=O) groups is 1. The molecule has 0 atom stereocenters. The molecule has 26 heavy (non-hydrogen) atoms. The summed E-state index contributed by atoms with van der Waals surface area (Å²) in [5, 5.41) is 9.34. The van der Waals surface area contributed by atoms with Gasteiger partial charge in [0.1, 0.15) is 0 Å². The highest BCUT2D eigenvalue weighted by Gasteiger charge is 2.09. The van der Waals surface area contributed by atoms with Gasteiger partial charge in [-0.2, -0.15) is 0 Å². The SMILES string of the molecule is CCCCCCCCOc1ccc(C=C(CCCC)C(=O)O)cc1OC. The predicted octanol–water partition coefficient (Wildman–Crippen LogP) is 6.09. The van der Waals surface area contributed by atoms with Crippen molar-refractivity contribution in [2.75, 3.05) is 13.7 Å². The highest BCUT2D eigenvalue weighted by atomic mass is 16.5. The summed E-state index contributed by atoms with van der Waals surface area (Å²) in [6, 6.07) is 5.58. The van der Waals surface area contributed by atoms with Crippen molar-refractivity contribution in [2.24, 2.45) is 0 Å². The van der Waals surface area contributed by atoms with Crippen LogP contribution in [-0.2, 0) is 4.79 Å². The first-order valence-corrected chi connectivity index (χ1v) is 9.87. The van der Waals surface area contributed by atoms with E-state index in [0.717, 1.165) is 24.8 Å². The van der Waals surface area contributed by atoms with Crippen LogP contribution in [0.1, 0.15) is 77.2 Å². The summed E-state index contributed by atoms with van der Waals surface area (Å²) in [6.45, 7) is 4.95. The van der Waals surface area contributed by atoms with Crippen LogP contribution in [0.25, 0.3) is 6.08 Å². The molecule has 0 aromatic heterocycles. The van der Waals surface area contributed by atoms with Gasteiger partial charge < -0.3 is 14.6 Å². The third-order valence-corrected chi connectivity index (χ3v) is 4.36. The minimum absolute atomic E-state index is 0.426. The zero-order valence-electron chi connectivity index (χ0n) is 16.6. The van der Waals surface area contributed by atoms with Gasteiger partial charge in [0.2, 0.25) is 0 Å². The fourth-order valence-electron chi connectivity index (χ4n) is 2.77. The minimum Gasteiger partial charge on any atom is -0.493 e. The highest BCUT2D eigenvalue weighted by Crippen LogP contribution is 2.29. The molecular formula is C22H34O4. The maximum Gasteiger partial charge on any atom is 0.331 e. The van der Waals surface area contributed by atoms with Gasteiger partial charge in [-0.1, -0.05) is 58.4 Å². The molecule has 0 aliphatic heterocycles. The van der Waals surface area contributed by atoms with Crippen molar-refractivity contribution in [3.05, 3.63) is 29.3 Å². The minimum atomic E-state index is -0.860. The molecule has 0 saturated heterocycles. The van der Waals surface area contributed by atoms with Gasteiger partial charge >= 0.3 is 5.97 Å². The topological polar surface area (TPSA) is 55.8 Å². The first kappa shape index (κ1) is 22.1. The standard InChI is InChI=1S/C22H34O4/c1-4-6-8-9-10-11-15-26-20-14-13-18(17-21(20)25-3)16-19(22(23)24)12-7-5-2/h13-14,16-17H,4-12,15H2,1-3H3,(H,23,24). The number of carboxylic acids is 1. The van der Waals surface area contributed by atoms with Crippen molar-refractivity contribution >= 4 is 12.0 Å². The average Bonchev–Trinajstić information content (AvgIpc) is 2.64. The smallest absolute Gasteiger partial charge is 0.331 e. The molecule has 0 spiro atoms. The Hall–Kier alpha value is -1.97. The fraction of sp³-hybridized carbons (Fsp3) is 0.591. The lowest BCUT2D eigenvalue weighted by Gasteiger charge is -2.12. The number of carboxylic acid groups (broad SMARTS) is 1. The number of aliphatic carboxylic acids is 1. The quantitative estimate of drug-likeness (QED) is 0.321. The molecule has 1 aromatic rings. The van der Waals surface area contributed by atoms with Crippen LogP contribution in [-0.4, -0.2) is 24.8 Å². The summed E-state index contributed by atoms with van der Waals surface area (Å²) >= 11 is 0. The molecule has 4 nitrogen and oxygen atoms in total. The molecule has 0 radical (unpaired) electrons. The van der Waals surface area contributed by atoms with Crippen LogP contribution in [0.2, 0.25) is 0 Å². The summed E-state index contributed by atoms with van der Waals surface area (Å²) in [6.07, 6.45) is 11.5. The molecule has 4 heteroatoms. The molecule has 0 unspecified atom stereocenters. The van der Waals surface area contributed by atoms with Crippen LogP contribution in [0.15, 0.2) is 23.8 Å². The van der Waals surface area contributed by atoms with E-state index in [2.05, 4.69) is 13.8 Å². The molecule has 0 heterocycles. The van der Waals surface area contributed by atoms with Gasteiger partial charge in [0.25, 0.3) is 0 Å². The predicted molar refractivity (Wildman–Crippen MR) is 107 cm³/mol. The first-order valence-electron chi connectivity index (χ1n) is 9.87. The Labute approximate surface area is 158 Å². The number of benzene rings is 1. The molecule has 0 amide bonds. The van der Waals surface area contributed by atoms with Gasteiger partial charge in [-0.05, 0) is 43.0 Å². The maximum absolute atomic E-state index is 11.4. The van der Waals surface area contributed by atoms with Gasteiger partial charge in [-0.25, -0.2) is 4.79 Å². The second-order valence-corrected chi connectivity index (χ2v) is 6.60. The van der Waals surface area contributed by atoms with E-state index in [-0.39, 0.29) is 0 Å². The van der Waals surface area contributed by atoms with Gasteiger partial charge in [-0.15, -0.1) is 0 Å². The normalized spacial score (nSPS) is 11.4. The lowest BCUT2D eigenvalue weighted by molar-refractivity contribution is -0.132. The molecule has 0 saturated carbocycles. The third-order valence-electron chi connectivity index (χ3n) is 4.36. The van der Waals surface area contributed by atoms with Crippen molar-refractivity contribution < 1.29 is 19.4 Å². The van der Waals surface area contributed by atoms with E-state index in [1.807, 2.05) is 18.2 Å². The Balaban J connectivity index is 2.64. The summed E-state index contributed by atoms with van der Waals surface area (Å²) in [4.78, 5) is 11.4. The van der Waals surface area contributed by atoms with Crippen LogP contribution >= 0.6 is 0 Å². The van der Waals surface area contributed by atoms with Crippen molar-refractivity contribution in [1.29, 1.82) is 0 Å². The number of ether oxygens (including phenoxy) is 2. The first-order chi connectivity index (χ1) is 12.6. The maximum atomic E-state index is 11.4. The van der Waals surface area contributed by atoms with Crippen LogP contribution in [0.3, 0.4) is 0 Å². The van der Waals surface area contributed by atoms with Crippen LogP contribution < -0.4 is 9.47 Å². The van der Waals surface area contributed by atoms with E-state index in [1.165, 1.54) is 32.1 Å². The molecule has 1 rings (SSSR count). The van der Waals surface area contributed by atoms with E-state index in [4.69, 9.17) is 9.47 Å². The Kier molecular flexibility index (Phi) is 11.3. The third kappa shape index (κ3) is 8.41. The van der Waals surface area contributed by atoms with Gasteiger partial charge in [0.15, 0.2) is 11.5 Å². The molecule has 0 fully saturated rings. The average molecular weight is 363 g/mol. The number of hydrogen-bond acceptors (Lipinski definition) is 3. The zero-order chi connectivity index (χ0) is 19.2. The van der Waals surface area contributed by atoms with E-state index in [0.29, 0.717) is 30.1 Å². The zero-order valence-corrected chi connectivity index (χ0v) is 16.6. The van der Waals surface area contributed by atoms with E-state index in [9.17, 15) is 9.90 Å². The summed E-state index contributed by atoms with van der Waals surface area (Å²) in [5.41, 5.74) is 1.25. The summed E-state index contributed by atoms with van der Waals surface area (Å²) < 4.78 is 11.3. The second-order valence-electron chi connectivity index (χ2n) is 6.60. The van der Waals surface area contributed by atoms with Crippen molar-refractivity contribution in [3.8, 4) is 11.5 Å². The van der Waals surface area contributed by atoms with Crippen LogP contribution in [0, 0.1) is 0 Å². The van der Waals surface area contributed by atoms with E-state index < -0.39 is 5.97 Å². The molecule has 1 N–H and O–H groups in total. The number of rotatable bonds is 14. The van der Waals surface area contributed by atoms with Crippen molar-refractivity contribution in [3.63, 3.8) is 0 Å². The molecule has 1 aromatic carbocycles.